The fraction of sp³-hybridized carbons (Fsp3) is 0.389. The Kier molecular flexibility index (Phi) is 4.97. The lowest BCUT2D eigenvalue weighted by Crippen LogP contribution is -2.39. The molecule has 21 heavy (non-hydrogen) atoms. The molecule has 0 bridgehead atoms. The summed E-state index contributed by atoms with van der Waals surface area (Å²) in [7, 11) is 0. The maximum Gasteiger partial charge on any atom is 0.141 e. The molecule has 1 unspecified atom stereocenters. The summed E-state index contributed by atoms with van der Waals surface area (Å²) in [6.45, 7) is 9.19. The van der Waals surface area contributed by atoms with Gasteiger partial charge < -0.3 is 10.1 Å². The molecule has 3 nitrogen and oxygen atoms in total. The van der Waals surface area contributed by atoms with Crippen LogP contribution in [0.4, 0.5) is 0 Å². The molecule has 0 amide bonds. The van der Waals surface area contributed by atoms with Crippen molar-refractivity contribution in [2.24, 2.45) is 0 Å². The molecule has 2 aromatic rings. The second-order valence-corrected chi connectivity index (χ2v) is 6.24. The van der Waals surface area contributed by atoms with Gasteiger partial charge in [-0.3, -0.25) is 4.98 Å². The van der Waals surface area contributed by atoms with E-state index in [0.29, 0.717) is 0 Å². The van der Waals surface area contributed by atoms with Crippen LogP contribution < -0.4 is 10.1 Å². The van der Waals surface area contributed by atoms with Crippen LogP contribution in [0.2, 0.25) is 0 Å². The van der Waals surface area contributed by atoms with Crippen LogP contribution in [0.25, 0.3) is 0 Å². The van der Waals surface area contributed by atoms with E-state index in [1.165, 1.54) is 0 Å². The number of ether oxygens (including phenoxy) is 1. The summed E-state index contributed by atoms with van der Waals surface area (Å²) in [5.41, 5.74) is 2.13. The number of nitrogens with zero attached hydrogens (tertiary/aromatic N) is 1. The van der Waals surface area contributed by atoms with Crippen molar-refractivity contribution in [2.45, 2.75) is 39.3 Å². The molecule has 0 saturated heterocycles. The average molecular weight is 284 g/mol. The number of hydrogen-bond acceptors (Lipinski definition) is 3. The number of aromatic nitrogens is 1. The van der Waals surface area contributed by atoms with Crippen LogP contribution in [0.15, 0.2) is 48.7 Å². The lowest BCUT2D eigenvalue weighted by atomic mass is 10.1. The third-order valence-corrected chi connectivity index (χ3v) is 3.22. The maximum atomic E-state index is 6.20. The Labute approximate surface area is 127 Å². The van der Waals surface area contributed by atoms with Gasteiger partial charge in [-0.2, -0.15) is 0 Å². The Balaban J connectivity index is 2.18. The normalized spacial score (nSPS) is 13.0. The van der Waals surface area contributed by atoms with Crippen molar-refractivity contribution in [3.05, 3.63) is 59.9 Å². The lowest BCUT2D eigenvalue weighted by Gasteiger charge is -2.26. The Morgan fingerprint density at radius 1 is 1.10 bits per heavy atom. The Bertz CT molecular complexity index is 561. The smallest absolute Gasteiger partial charge is 0.141 e. The summed E-state index contributed by atoms with van der Waals surface area (Å²) in [5.74, 6) is 0.835. The molecule has 3 heteroatoms. The highest BCUT2D eigenvalue weighted by Gasteiger charge is 2.18. The van der Waals surface area contributed by atoms with E-state index in [0.717, 1.165) is 23.6 Å². The van der Waals surface area contributed by atoms with E-state index in [1.54, 1.807) is 6.20 Å². The summed E-state index contributed by atoms with van der Waals surface area (Å²) >= 11 is 0. The largest absolute Gasteiger partial charge is 0.482 e. The topological polar surface area (TPSA) is 34.1 Å². The molecule has 1 aromatic carbocycles. The first-order valence-electron chi connectivity index (χ1n) is 7.34. The lowest BCUT2D eigenvalue weighted by molar-refractivity contribution is 0.186. The summed E-state index contributed by atoms with van der Waals surface area (Å²) < 4.78 is 6.20. The summed E-state index contributed by atoms with van der Waals surface area (Å²) in [6.07, 6.45) is 1.75. The third-order valence-electron chi connectivity index (χ3n) is 3.22. The zero-order chi connectivity index (χ0) is 15.3. The van der Waals surface area contributed by atoms with Crippen LogP contribution >= 0.6 is 0 Å². The molecule has 0 radical (unpaired) electrons. The van der Waals surface area contributed by atoms with Crippen LogP contribution in [0.5, 0.6) is 5.75 Å². The summed E-state index contributed by atoms with van der Waals surface area (Å²) in [6, 6.07) is 14.2. The molecular formula is C18H24N2O. The molecule has 0 spiro atoms. The fourth-order valence-electron chi connectivity index (χ4n) is 2.04. The minimum absolute atomic E-state index is 0.0340. The molecule has 0 aliphatic heterocycles. The number of pyridine rings is 1. The number of hydrogen-bond donors (Lipinski definition) is 1. The standard InChI is InChI=1S/C18H24N2O/c1-14-16(11-8-12-19-14)21-17(13-20-18(2,3)4)15-9-6-5-7-10-15/h5-12,17,20H,13H2,1-4H3. The van der Waals surface area contributed by atoms with E-state index < -0.39 is 0 Å². The van der Waals surface area contributed by atoms with Gasteiger partial charge in [-0.1, -0.05) is 30.3 Å². The second-order valence-electron chi connectivity index (χ2n) is 6.24. The quantitative estimate of drug-likeness (QED) is 0.904. The van der Waals surface area contributed by atoms with Crippen molar-refractivity contribution in [1.29, 1.82) is 0 Å². The summed E-state index contributed by atoms with van der Waals surface area (Å²) in [4.78, 5) is 4.29. The fourth-order valence-corrected chi connectivity index (χ4v) is 2.04. The van der Waals surface area contributed by atoms with E-state index in [9.17, 15) is 0 Å². The van der Waals surface area contributed by atoms with Crippen LogP contribution in [-0.4, -0.2) is 17.1 Å². The van der Waals surface area contributed by atoms with Gasteiger partial charge in [-0.15, -0.1) is 0 Å². The number of benzene rings is 1. The van der Waals surface area contributed by atoms with Gasteiger partial charge in [0, 0.05) is 18.3 Å². The van der Waals surface area contributed by atoms with Crippen molar-refractivity contribution < 1.29 is 4.74 Å². The van der Waals surface area contributed by atoms with Crippen molar-refractivity contribution >= 4 is 0 Å². The van der Waals surface area contributed by atoms with Gasteiger partial charge in [-0.25, -0.2) is 0 Å². The Morgan fingerprint density at radius 2 is 1.81 bits per heavy atom. The van der Waals surface area contributed by atoms with Gasteiger partial charge in [0.1, 0.15) is 11.9 Å². The van der Waals surface area contributed by atoms with Crippen molar-refractivity contribution in [1.82, 2.24) is 10.3 Å². The van der Waals surface area contributed by atoms with Gasteiger partial charge in [0.25, 0.3) is 0 Å². The highest BCUT2D eigenvalue weighted by molar-refractivity contribution is 5.27. The third kappa shape index (κ3) is 4.87. The van der Waals surface area contributed by atoms with Gasteiger partial charge >= 0.3 is 0 Å². The number of nitrogens with one attached hydrogen (secondary N) is 1. The van der Waals surface area contributed by atoms with Crippen LogP contribution in [-0.2, 0) is 0 Å². The van der Waals surface area contributed by atoms with Gasteiger partial charge in [0.15, 0.2) is 0 Å². The van der Waals surface area contributed by atoms with E-state index in [1.807, 2.05) is 37.3 Å². The maximum absolute atomic E-state index is 6.20. The monoisotopic (exact) mass is 284 g/mol. The predicted octanol–water partition coefficient (Wildman–Crippen LogP) is 3.90. The molecule has 1 N–H and O–H groups in total. The van der Waals surface area contributed by atoms with Crippen molar-refractivity contribution in [3.63, 3.8) is 0 Å². The molecule has 1 aromatic heterocycles. The first-order chi connectivity index (χ1) is 9.96. The van der Waals surface area contributed by atoms with Crippen LogP contribution in [0.1, 0.15) is 38.1 Å². The van der Waals surface area contributed by atoms with E-state index in [2.05, 4.69) is 43.2 Å². The molecule has 2 rings (SSSR count). The van der Waals surface area contributed by atoms with Crippen molar-refractivity contribution in [2.75, 3.05) is 6.54 Å². The van der Waals surface area contributed by atoms with Gasteiger partial charge in [0.2, 0.25) is 0 Å². The van der Waals surface area contributed by atoms with Gasteiger partial charge in [-0.05, 0) is 45.4 Å². The molecule has 1 atom stereocenters. The first-order valence-corrected chi connectivity index (χ1v) is 7.34. The highest BCUT2D eigenvalue weighted by Crippen LogP contribution is 2.23. The van der Waals surface area contributed by atoms with Crippen molar-refractivity contribution in [3.8, 4) is 5.75 Å². The zero-order valence-electron chi connectivity index (χ0n) is 13.3. The molecular weight excluding hydrogens is 260 g/mol. The molecule has 0 aliphatic rings. The summed E-state index contributed by atoms with van der Waals surface area (Å²) in [5, 5.41) is 3.51. The highest BCUT2D eigenvalue weighted by atomic mass is 16.5. The Morgan fingerprint density at radius 3 is 2.43 bits per heavy atom. The molecule has 1 heterocycles. The molecule has 112 valence electrons. The molecule has 0 saturated carbocycles. The predicted molar refractivity (Wildman–Crippen MR) is 86.5 cm³/mol. The van der Waals surface area contributed by atoms with E-state index in [4.69, 9.17) is 4.74 Å². The Hall–Kier alpha value is -1.87. The van der Waals surface area contributed by atoms with E-state index >= 15 is 0 Å². The minimum Gasteiger partial charge on any atom is -0.482 e. The molecule has 0 aliphatic carbocycles. The van der Waals surface area contributed by atoms with Crippen LogP contribution in [0.3, 0.4) is 0 Å². The zero-order valence-corrected chi connectivity index (χ0v) is 13.3. The SMILES string of the molecule is Cc1ncccc1OC(CNC(C)(C)C)c1ccccc1. The first kappa shape index (κ1) is 15.5. The van der Waals surface area contributed by atoms with E-state index in [-0.39, 0.29) is 11.6 Å². The number of aryl methyl sites for hydroxylation is 1. The number of rotatable bonds is 5. The van der Waals surface area contributed by atoms with Gasteiger partial charge in [0.05, 0.1) is 5.69 Å². The average Bonchev–Trinajstić information content (AvgIpc) is 2.45. The molecule has 0 fully saturated rings. The minimum atomic E-state index is -0.0340. The van der Waals surface area contributed by atoms with Crippen LogP contribution in [0, 0.1) is 6.92 Å². The second kappa shape index (κ2) is 6.72.